The first-order chi connectivity index (χ1) is 11.5. The van der Waals surface area contributed by atoms with Crippen LogP contribution in [-0.4, -0.2) is 51.5 Å². The molecule has 0 aromatic carbocycles. The van der Waals surface area contributed by atoms with Crippen LogP contribution in [0.2, 0.25) is 0 Å². The molecule has 2 aromatic heterocycles. The monoisotopic (exact) mass is 341 g/mol. The summed E-state index contributed by atoms with van der Waals surface area (Å²) in [6.45, 7) is 3.79. The van der Waals surface area contributed by atoms with E-state index in [0.29, 0.717) is 5.69 Å². The number of amidine groups is 1. The predicted octanol–water partition coefficient (Wildman–Crippen LogP) is 0.197. The third kappa shape index (κ3) is 5.40. The molecule has 24 heavy (non-hydrogen) atoms. The third-order valence-corrected chi connectivity index (χ3v) is 2.13. The Kier molecular flexibility index (Phi) is 7.41. The van der Waals surface area contributed by atoms with Crippen molar-refractivity contribution in [1.82, 2.24) is 15.3 Å². The molecule has 0 aliphatic heterocycles. The van der Waals surface area contributed by atoms with Crippen molar-refractivity contribution in [2.45, 2.75) is 13.8 Å². The molecule has 12 nitrogen and oxygen atoms in total. The van der Waals surface area contributed by atoms with Crippen LogP contribution in [0, 0.1) is 0 Å². The highest BCUT2D eigenvalue weighted by atomic mass is 16.5. The Balaban J connectivity index is 0.000000277. The molecule has 0 unspecified atom stereocenters. The topological polar surface area (TPSA) is 176 Å². The van der Waals surface area contributed by atoms with E-state index < -0.39 is 17.8 Å². The molecule has 0 atom stereocenters. The van der Waals surface area contributed by atoms with Gasteiger partial charge >= 0.3 is 11.9 Å². The van der Waals surface area contributed by atoms with Crippen LogP contribution in [-0.2, 0) is 14.3 Å². The van der Waals surface area contributed by atoms with Crippen molar-refractivity contribution in [1.29, 1.82) is 0 Å². The van der Waals surface area contributed by atoms with Crippen LogP contribution in [0.25, 0.3) is 11.6 Å². The molecule has 2 rings (SSSR count). The molecule has 0 radical (unpaired) electrons. The van der Waals surface area contributed by atoms with Crippen molar-refractivity contribution in [3.05, 3.63) is 18.2 Å². The van der Waals surface area contributed by atoms with E-state index in [4.69, 9.17) is 20.2 Å². The number of ether oxygens (including phenoxy) is 2. The molecule has 2 heterocycles. The Labute approximate surface area is 135 Å². The molecule has 130 valence electrons. The van der Waals surface area contributed by atoms with Gasteiger partial charge in [0.05, 0.1) is 13.2 Å². The van der Waals surface area contributed by atoms with Gasteiger partial charge in [0.2, 0.25) is 5.84 Å². The SMILES string of the molecule is CCOC(=O)C(N)=NO.CCOC(=O)c1noc(-c2ccon2)n1. The fourth-order valence-corrected chi connectivity index (χ4v) is 1.17. The molecule has 2 aromatic rings. The van der Waals surface area contributed by atoms with Crippen molar-refractivity contribution >= 4 is 17.8 Å². The van der Waals surface area contributed by atoms with E-state index in [2.05, 4.69) is 29.7 Å². The number of nitrogens with two attached hydrogens (primary N) is 1. The van der Waals surface area contributed by atoms with Crippen molar-refractivity contribution in [2.24, 2.45) is 10.9 Å². The lowest BCUT2D eigenvalue weighted by atomic mass is 10.4. The molecule has 0 fully saturated rings. The summed E-state index contributed by atoms with van der Waals surface area (Å²) in [7, 11) is 0. The van der Waals surface area contributed by atoms with Crippen molar-refractivity contribution < 1.29 is 33.3 Å². The zero-order valence-electron chi connectivity index (χ0n) is 12.8. The van der Waals surface area contributed by atoms with Gasteiger partial charge in [-0.15, -0.1) is 0 Å². The van der Waals surface area contributed by atoms with Crippen LogP contribution in [0.5, 0.6) is 0 Å². The molecule has 0 amide bonds. The van der Waals surface area contributed by atoms with Crippen LogP contribution in [0.3, 0.4) is 0 Å². The third-order valence-electron chi connectivity index (χ3n) is 2.13. The van der Waals surface area contributed by atoms with Crippen molar-refractivity contribution in [2.75, 3.05) is 13.2 Å². The van der Waals surface area contributed by atoms with Gasteiger partial charge in [0.25, 0.3) is 11.7 Å². The first kappa shape index (κ1) is 18.6. The van der Waals surface area contributed by atoms with Gasteiger partial charge in [0.1, 0.15) is 6.26 Å². The Morgan fingerprint density at radius 2 is 2.00 bits per heavy atom. The van der Waals surface area contributed by atoms with Crippen LogP contribution >= 0.6 is 0 Å². The number of aromatic nitrogens is 3. The van der Waals surface area contributed by atoms with E-state index in [1.807, 2.05) is 0 Å². The van der Waals surface area contributed by atoms with Crippen LogP contribution in [0.1, 0.15) is 24.5 Å². The lowest BCUT2D eigenvalue weighted by Gasteiger charge is -1.96. The summed E-state index contributed by atoms with van der Waals surface area (Å²) >= 11 is 0. The van der Waals surface area contributed by atoms with Gasteiger partial charge in [0, 0.05) is 6.07 Å². The largest absolute Gasteiger partial charge is 0.460 e. The number of nitrogens with zero attached hydrogens (tertiary/aromatic N) is 4. The van der Waals surface area contributed by atoms with E-state index in [1.54, 1.807) is 19.9 Å². The number of esters is 2. The van der Waals surface area contributed by atoms with Gasteiger partial charge in [-0.2, -0.15) is 4.98 Å². The van der Waals surface area contributed by atoms with Gasteiger partial charge in [-0.25, -0.2) is 9.59 Å². The number of hydrogen-bond donors (Lipinski definition) is 2. The summed E-state index contributed by atoms with van der Waals surface area (Å²) < 4.78 is 18.4. The van der Waals surface area contributed by atoms with E-state index >= 15 is 0 Å². The molecule has 12 heteroatoms. The molecular formula is C12H15N5O7. The van der Waals surface area contributed by atoms with Crippen LogP contribution in [0.15, 0.2) is 26.5 Å². The standard InChI is InChI=1S/C8H7N3O4.C4H8N2O3/c1-2-13-8(12)6-9-7(15-11-6)5-3-4-14-10-5;1-2-9-4(7)3(5)6-8/h3-4H,2H2,1H3;8H,2H2,1H3,(H2,5,6). The summed E-state index contributed by atoms with van der Waals surface area (Å²) in [4.78, 5) is 25.3. The maximum absolute atomic E-state index is 11.2. The first-order valence-electron chi connectivity index (χ1n) is 6.59. The zero-order chi connectivity index (χ0) is 17.9. The summed E-state index contributed by atoms with van der Waals surface area (Å²) in [6.07, 6.45) is 1.36. The van der Waals surface area contributed by atoms with Crippen LogP contribution in [0.4, 0.5) is 0 Å². The number of hydrogen-bond acceptors (Lipinski definition) is 11. The maximum atomic E-state index is 11.2. The highest BCUT2D eigenvalue weighted by Gasteiger charge is 2.17. The van der Waals surface area contributed by atoms with Crippen LogP contribution < -0.4 is 5.73 Å². The minimum Gasteiger partial charge on any atom is -0.460 e. The predicted molar refractivity (Wildman–Crippen MR) is 75.8 cm³/mol. The van der Waals surface area contributed by atoms with E-state index in [0.717, 1.165) is 0 Å². The lowest BCUT2D eigenvalue weighted by Crippen LogP contribution is -2.25. The average molecular weight is 341 g/mol. The second-order valence-electron chi connectivity index (χ2n) is 3.73. The molecule has 0 spiro atoms. The Morgan fingerprint density at radius 3 is 2.54 bits per heavy atom. The smallest absolute Gasteiger partial charge is 0.379 e. The van der Waals surface area contributed by atoms with Crippen molar-refractivity contribution in [3.8, 4) is 11.6 Å². The van der Waals surface area contributed by atoms with E-state index in [9.17, 15) is 9.59 Å². The molecule has 0 bridgehead atoms. The minimum absolute atomic E-state index is 0.117. The number of carbonyl (C=O) groups excluding carboxylic acids is 2. The Hall–Kier alpha value is -3.44. The van der Waals surface area contributed by atoms with Gasteiger partial charge in [-0.3, -0.25) is 0 Å². The second-order valence-corrected chi connectivity index (χ2v) is 3.73. The molecule has 0 aliphatic carbocycles. The summed E-state index contributed by atoms with van der Waals surface area (Å²) in [5.74, 6) is -1.98. The molecule has 3 N–H and O–H groups in total. The average Bonchev–Trinajstić information content (AvgIpc) is 3.26. The van der Waals surface area contributed by atoms with Gasteiger partial charge in [-0.1, -0.05) is 10.3 Å². The van der Waals surface area contributed by atoms with E-state index in [1.165, 1.54) is 6.26 Å². The fourth-order valence-electron chi connectivity index (χ4n) is 1.17. The fraction of sp³-hybridized carbons (Fsp3) is 0.333. The Morgan fingerprint density at radius 1 is 1.29 bits per heavy atom. The molecule has 0 saturated heterocycles. The molecule has 0 saturated carbocycles. The quantitative estimate of drug-likeness (QED) is 0.255. The second kappa shape index (κ2) is 9.55. The lowest BCUT2D eigenvalue weighted by molar-refractivity contribution is -0.135. The number of carbonyl (C=O) groups is 2. The van der Waals surface area contributed by atoms with Gasteiger partial charge in [-0.05, 0) is 19.0 Å². The molecular weight excluding hydrogens is 326 g/mol. The van der Waals surface area contributed by atoms with Gasteiger partial charge in [0.15, 0.2) is 5.69 Å². The van der Waals surface area contributed by atoms with E-state index in [-0.39, 0.29) is 24.9 Å². The highest BCUT2D eigenvalue weighted by molar-refractivity contribution is 6.34. The summed E-state index contributed by atoms with van der Waals surface area (Å²) in [6, 6.07) is 1.54. The normalized spacial score (nSPS) is 10.5. The zero-order valence-corrected chi connectivity index (χ0v) is 12.8. The first-order valence-corrected chi connectivity index (χ1v) is 6.59. The Bertz CT molecular complexity index is 680. The van der Waals surface area contributed by atoms with Gasteiger partial charge < -0.3 is 29.5 Å². The summed E-state index contributed by atoms with van der Waals surface area (Å²) in [5.41, 5.74) is 5.20. The maximum Gasteiger partial charge on any atom is 0.379 e. The number of rotatable bonds is 4. The highest BCUT2D eigenvalue weighted by Crippen LogP contribution is 2.13. The number of oxime groups is 1. The summed E-state index contributed by atoms with van der Waals surface area (Å²) in [5, 5.41) is 17.4. The minimum atomic E-state index is -0.806. The molecule has 0 aliphatic rings. The van der Waals surface area contributed by atoms with Crippen molar-refractivity contribution in [3.63, 3.8) is 0 Å².